The van der Waals surface area contributed by atoms with Crippen LogP contribution in [0.25, 0.3) is 0 Å². The van der Waals surface area contributed by atoms with Crippen molar-refractivity contribution in [1.29, 1.82) is 0 Å². The summed E-state index contributed by atoms with van der Waals surface area (Å²) < 4.78 is 60.7. The quantitative estimate of drug-likeness (QED) is 0.326. The molecule has 0 radical (unpaired) electrons. The number of aryl methyl sites for hydroxylation is 1. The first-order chi connectivity index (χ1) is 17.1. The molecule has 202 valence electrons. The zero-order valence-electron chi connectivity index (χ0n) is 21.8. The number of pyridine rings is 1. The van der Waals surface area contributed by atoms with Crippen molar-refractivity contribution in [2.75, 3.05) is 13.1 Å². The number of rotatable bonds is 10. The molecule has 1 aromatic heterocycles. The molecule has 4 rings (SSSR count). The van der Waals surface area contributed by atoms with Gasteiger partial charge in [0, 0.05) is 31.1 Å². The number of aromatic nitrogens is 1. The third-order valence-corrected chi connectivity index (χ3v) is 9.70. The van der Waals surface area contributed by atoms with Gasteiger partial charge in [0.15, 0.2) is 0 Å². The number of carboxylic acids is 1. The maximum absolute atomic E-state index is 13.4. The summed E-state index contributed by atoms with van der Waals surface area (Å²) >= 11 is 0. The fourth-order valence-corrected chi connectivity index (χ4v) is 7.44. The molecule has 2 saturated carbocycles. The molecule has 0 amide bonds. The molecule has 0 spiro atoms. The van der Waals surface area contributed by atoms with Gasteiger partial charge in [-0.3, -0.25) is 0 Å². The molecule has 0 unspecified atom stereocenters. The minimum atomic E-state index is -4.12. The number of nitrogens with zero attached hydrogens (tertiary/aromatic N) is 2. The van der Waals surface area contributed by atoms with Crippen molar-refractivity contribution in [3.8, 4) is 5.88 Å². The predicted octanol–water partition coefficient (Wildman–Crippen LogP) is -0.208. The summed E-state index contributed by atoms with van der Waals surface area (Å²) in [7, 11) is -4.12. The summed E-state index contributed by atoms with van der Waals surface area (Å²) in [6, 6.07) is 1.98. The van der Waals surface area contributed by atoms with Crippen LogP contribution in [-0.4, -0.2) is 60.9 Å². The van der Waals surface area contributed by atoms with Gasteiger partial charge in [-0.05, 0) is 89.3 Å². The SMILES string of the molecule is Cc1ccc(S(=O)(=O)N2CCC[C@H]2C(=O)[O-])c(O[C@@H]2CCC[C@@H]2CCCNC2CCC(F)(F)CC2)n1.[Li+]. The molecular weight excluding hydrogens is 499 g/mol. The Morgan fingerprint density at radius 1 is 1.19 bits per heavy atom. The maximum atomic E-state index is 13.4. The fourth-order valence-electron chi connectivity index (χ4n) is 5.74. The van der Waals surface area contributed by atoms with E-state index in [4.69, 9.17) is 4.74 Å². The molecular formula is C25H36F2LiN3O5S. The van der Waals surface area contributed by atoms with Gasteiger partial charge in [-0.25, -0.2) is 22.2 Å². The number of carboxylic acid groups (broad SMARTS) is 1. The second kappa shape index (κ2) is 12.7. The average molecular weight is 536 g/mol. The molecule has 0 aromatic carbocycles. The number of aliphatic carboxylic acids is 1. The molecule has 1 aliphatic heterocycles. The van der Waals surface area contributed by atoms with E-state index in [0.717, 1.165) is 43.0 Å². The molecule has 1 aromatic rings. The number of sulfonamides is 1. The number of nitrogens with one attached hydrogen (secondary N) is 1. The zero-order chi connectivity index (χ0) is 25.9. The number of carbonyl (C=O) groups excluding carboxylic acids is 1. The summed E-state index contributed by atoms with van der Waals surface area (Å²) in [6.07, 6.45) is 5.85. The molecule has 3 atom stereocenters. The van der Waals surface area contributed by atoms with Crippen molar-refractivity contribution in [2.24, 2.45) is 5.92 Å². The smallest absolute Gasteiger partial charge is 0.548 e. The van der Waals surface area contributed by atoms with Crippen molar-refractivity contribution >= 4 is 16.0 Å². The molecule has 2 aliphatic carbocycles. The van der Waals surface area contributed by atoms with Gasteiger partial charge in [0.05, 0.1) is 12.0 Å². The summed E-state index contributed by atoms with van der Waals surface area (Å²) in [5, 5.41) is 14.9. The van der Waals surface area contributed by atoms with Crippen LogP contribution in [0, 0.1) is 12.8 Å². The molecule has 2 heterocycles. The van der Waals surface area contributed by atoms with E-state index < -0.39 is 28.0 Å². The van der Waals surface area contributed by atoms with E-state index >= 15 is 0 Å². The molecule has 3 aliphatic rings. The van der Waals surface area contributed by atoms with E-state index in [0.29, 0.717) is 25.0 Å². The van der Waals surface area contributed by atoms with E-state index in [2.05, 4.69) is 10.3 Å². The third kappa shape index (κ3) is 7.44. The van der Waals surface area contributed by atoms with E-state index in [1.54, 1.807) is 13.0 Å². The number of hydrogen-bond donors (Lipinski definition) is 1. The van der Waals surface area contributed by atoms with Crippen molar-refractivity contribution < 1.29 is 50.7 Å². The van der Waals surface area contributed by atoms with Crippen molar-refractivity contribution in [2.45, 2.75) is 107 Å². The number of halogens is 2. The van der Waals surface area contributed by atoms with Gasteiger partial charge in [-0.2, -0.15) is 4.31 Å². The fraction of sp³-hybridized carbons (Fsp3) is 0.760. The normalized spacial score (nSPS) is 26.6. The first kappa shape index (κ1) is 30.3. The van der Waals surface area contributed by atoms with Crippen molar-refractivity contribution in [3.63, 3.8) is 0 Å². The standard InChI is InChI=1S/C25H37F2N3O5S.Li/c1-17-9-10-22(36(33,34)30-16-4-7-20(30)24(31)32)23(29-17)35-21-8-2-5-18(21)6-3-15-28-19-11-13-25(26,27)14-12-19;/h9-10,18-21,28H,2-8,11-16H2,1H3,(H,31,32);/q;+1/p-1/t18-,20+,21-;/m1./s1. The van der Waals surface area contributed by atoms with Gasteiger partial charge in [0.25, 0.3) is 0 Å². The van der Waals surface area contributed by atoms with Crippen LogP contribution in [-0.2, 0) is 14.8 Å². The van der Waals surface area contributed by atoms with Crippen LogP contribution in [0.3, 0.4) is 0 Å². The maximum Gasteiger partial charge on any atom is 1.00 e. The Labute approximate surface area is 230 Å². The Balaban J connectivity index is 0.00000380. The predicted molar refractivity (Wildman–Crippen MR) is 127 cm³/mol. The minimum absolute atomic E-state index is 0. The molecule has 12 heteroatoms. The van der Waals surface area contributed by atoms with Gasteiger partial charge < -0.3 is 20.0 Å². The number of hydrogen-bond acceptors (Lipinski definition) is 7. The van der Waals surface area contributed by atoms with Crippen LogP contribution in [0.5, 0.6) is 5.88 Å². The average Bonchev–Trinajstić information content (AvgIpc) is 3.48. The van der Waals surface area contributed by atoms with E-state index in [1.807, 2.05) is 0 Å². The molecule has 1 N–H and O–H groups in total. The summed E-state index contributed by atoms with van der Waals surface area (Å²) in [6.45, 7) is 2.62. The van der Waals surface area contributed by atoms with Crippen molar-refractivity contribution in [3.05, 3.63) is 17.8 Å². The summed E-state index contributed by atoms with van der Waals surface area (Å²) in [4.78, 5) is 15.8. The van der Waals surface area contributed by atoms with Gasteiger partial charge >= 0.3 is 18.9 Å². The van der Waals surface area contributed by atoms with Gasteiger partial charge in [0.2, 0.25) is 21.8 Å². The molecule has 3 fully saturated rings. The van der Waals surface area contributed by atoms with Gasteiger partial charge in [0.1, 0.15) is 11.0 Å². The summed E-state index contributed by atoms with van der Waals surface area (Å²) in [5.74, 6) is -3.66. The van der Waals surface area contributed by atoms with Crippen LogP contribution >= 0.6 is 0 Å². The summed E-state index contributed by atoms with van der Waals surface area (Å²) in [5.41, 5.74) is 0.610. The van der Waals surface area contributed by atoms with Crippen LogP contribution < -0.4 is 34.0 Å². The second-order valence-corrected chi connectivity index (χ2v) is 12.3. The van der Waals surface area contributed by atoms with Gasteiger partial charge in [-0.15, -0.1) is 0 Å². The Bertz CT molecular complexity index is 1040. The van der Waals surface area contributed by atoms with E-state index in [1.165, 1.54) is 6.07 Å². The van der Waals surface area contributed by atoms with Crippen LogP contribution in [0.4, 0.5) is 8.78 Å². The van der Waals surface area contributed by atoms with E-state index in [-0.39, 0.29) is 73.5 Å². The second-order valence-electron chi connectivity index (χ2n) is 10.4. The number of ether oxygens (including phenoxy) is 1. The molecule has 0 bridgehead atoms. The minimum Gasteiger partial charge on any atom is -0.548 e. The van der Waals surface area contributed by atoms with Crippen LogP contribution in [0.15, 0.2) is 17.0 Å². The topological polar surface area (TPSA) is 112 Å². The first-order valence-electron chi connectivity index (χ1n) is 13.0. The third-order valence-electron chi connectivity index (χ3n) is 7.78. The number of alkyl halides is 2. The Hall–Kier alpha value is -1.25. The van der Waals surface area contributed by atoms with Crippen LogP contribution in [0.2, 0.25) is 0 Å². The largest absolute Gasteiger partial charge is 1.00 e. The van der Waals surface area contributed by atoms with Gasteiger partial charge in [-0.1, -0.05) is 0 Å². The Kier molecular flexibility index (Phi) is 10.4. The molecule has 37 heavy (non-hydrogen) atoms. The molecule has 1 saturated heterocycles. The zero-order valence-corrected chi connectivity index (χ0v) is 22.6. The Morgan fingerprint density at radius 2 is 1.92 bits per heavy atom. The Morgan fingerprint density at radius 3 is 2.62 bits per heavy atom. The van der Waals surface area contributed by atoms with E-state index in [9.17, 15) is 27.1 Å². The monoisotopic (exact) mass is 535 g/mol. The number of carbonyl (C=O) groups is 1. The molecule has 8 nitrogen and oxygen atoms in total. The first-order valence-corrected chi connectivity index (χ1v) is 14.5. The van der Waals surface area contributed by atoms with Crippen molar-refractivity contribution in [1.82, 2.24) is 14.6 Å². The van der Waals surface area contributed by atoms with Crippen LogP contribution in [0.1, 0.15) is 76.3 Å².